The quantitative estimate of drug-likeness (QED) is 0.712. The summed E-state index contributed by atoms with van der Waals surface area (Å²) in [5.74, 6) is 0.0142. The van der Waals surface area contributed by atoms with Crippen molar-refractivity contribution in [3.05, 3.63) is 22.3 Å². The Morgan fingerprint density at radius 2 is 1.91 bits per heavy atom. The van der Waals surface area contributed by atoms with E-state index >= 15 is 0 Å². The Hall–Kier alpha value is -2.24. The second kappa shape index (κ2) is 9.72. The first-order valence-electron chi connectivity index (χ1n) is 10.8. The van der Waals surface area contributed by atoms with Gasteiger partial charge in [0.05, 0.1) is 30.1 Å². The molecule has 9 nitrogen and oxygen atoms in total. The van der Waals surface area contributed by atoms with Gasteiger partial charge in [-0.2, -0.15) is 4.37 Å². The van der Waals surface area contributed by atoms with Gasteiger partial charge in [0, 0.05) is 37.5 Å². The van der Waals surface area contributed by atoms with Gasteiger partial charge >= 0.3 is 6.09 Å². The normalized spacial score (nSPS) is 18.0. The van der Waals surface area contributed by atoms with Crippen LogP contribution in [0.1, 0.15) is 55.0 Å². The topological polar surface area (TPSA) is 96.9 Å². The minimum Gasteiger partial charge on any atom is -0.444 e. The zero-order chi connectivity index (χ0) is 22.7. The van der Waals surface area contributed by atoms with Crippen LogP contribution in [0.2, 0.25) is 0 Å². The van der Waals surface area contributed by atoms with Crippen molar-refractivity contribution < 1.29 is 19.1 Å². The molecule has 32 heavy (non-hydrogen) atoms. The van der Waals surface area contributed by atoms with E-state index in [0.717, 1.165) is 35.9 Å². The minimum absolute atomic E-state index is 0.228. The van der Waals surface area contributed by atoms with E-state index in [1.54, 1.807) is 16.5 Å². The molecule has 0 saturated carbocycles. The number of ether oxygens (including phenoxy) is 2. The summed E-state index contributed by atoms with van der Waals surface area (Å²) in [5.41, 5.74) is 0.631. The van der Waals surface area contributed by atoms with Crippen molar-refractivity contribution in [2.24, 2.45) is 0 Å². The highest BCUT2D eigenvalue weighted by molar-refractivity contribution is 7.11. The van der Waals surface area contributed by atoms with Crippen LogP contribution in [-0.4, -0.2) is 71.3 Å². The first kappa shape index (κ1) is 22.9. The molecule has 4 rings (SSSR count). The van der Waals surface area contributed by atoms with Gasteiger partial charge in [-0.05, 0) is 45.1 Å². The Balaban J connectivity index is 1.33. The summed E-state index contributed by atoms with van der Waals surface area (Å²) in [7, 11) is 0. The Morgan fingerprint density at radius 3 is 2.59 bits per heavy atom. The van der Waals surface area contributed by atoms with E-state index in [1.165, 1.54) is 22.9 Å². The van der Waals surface area contributed by atoms with E-state index in [4.69, 9.17) is 9.47 Å². The van der Waals surface area contributed by atoms with Crippen LogP contribution in [0.5, 0.6) is 0 Å². The third kappa shape index (κ3) is 5.57. The minimum atomic E-state index is -0.495. The first-order chi connectivity index (χ1) is 15.3. The summed E-state index contributed by atoms with van der Waals surface area (Å²) >= 11 is 2.87. The zero-order valence-corrected chi connectivity index (χ0v) is 20.3. The number of nitrogens with one attached hydrogen (secondary N) is 1. The van der Waals surface area contributed by atoms with Crippen molar-refractivity contribution in [2.75, 3.05) is 49.6 Å². The maximum Gasteiger partial charge on any atom is 0.410 e. The fourth-order valence-electron chi connectivity index (χ4n) is 3.71. The molecular formula is C21H29N5O4S2. The Morgan fingerprint density at radius 1 is 1.19 bits per heavy atom. The van der Waals surface area contributed by atoms with Crippen molar-refractivity contribution in [2.45, 2.75) is 45.1 Å². The molecule has 0 unspecified atom stereocenters. The maximum atomic E-state index is 12.8. The van der Waals surface area contributed by atoms with Gasteiger partial charge in [0.1, 0.15) is 16.3 Å². The fourth-order valence-corrected chi connectivity index (χ4v) is 5.44. The molecule has 174 valence electrons. The maximum absolute atomic E-state index is 12.8. The largest absolute Gasteiger partial charge is 0.444 e. The van der Waals surface area contributed by atoms with Crippen LogP contribution >= 0.6 is 22.9 Å². The molecule has 0 spiro atoms. The molecule has 4 heterocycles. The van der Waals surface area contributed by atoms with Gasteiger partial charge < -0.3 is 24.6 Å². The van der Waals surface area contributed by atoms with Crippen LogP contribution in [0, 0.1) is 0 Å². The lowest BCUT2D eigenvalue weighted by atomic mass is 9.98. The third-order valence-corrected chi connectivity index (χ3v) is 7.22. The highest BCUT2D eigenvalue weighted by Crippen LogP contribution is 2.33. The van der Waals surface area contributed by atoms with Gasteiger partial charge in [0.25, 0.3) is 5.91 Å². The molecule has 2 saturated heterocycles. The standard InChI is InChI=1S/C21H29N5O4S2/c1-21(2,3)30-20(28)26-6-4-14(5-7-26)18-24-16(13-31-18)17(27)23-15-12-22-32-19(15)25-8-10-29-11-9-25/h12-14H,4-11H2,1-3H3,(H,23,27). The molecule has 2 amide bonds. The summed E-state index contributed by atoms with van der Waals surface area (Å²) in [6, 6.07) is 0. The van der Waals surface area contributed by atoms with Crippen LogP contribution in [0.4, 0.5) is 15.5 Å². The SMILES string of the molecule is CC(C)(C)OC(=O)N1CCC(c2nc(C(=O)Nc3cnsc3N3CCOCC3)cs2)CC1. The first-order valence-corrected chi connectivity index (χ1v) is 12.5. The molecule has 1 N–H and O–H groups in total. The Labute approximate surface area is 195 Å². The molecule has 2 fully saturated rings. The Kier molecular flexibility index (Phi) is 6.96. The van der Waals surface area contributed by atoms with Gasteiger partial charge in [-0.1, -0.05) is 0 Å². The number of carbonyl (C=O) groups is 2. The number of aromatic nitrogens is 2. The number of nitrogens with zero attached hydrogens (tertiary/aromatic N) is 4. The van der Waals surface area contributed by atoms with Crippen LogP contribution in [0.3, 0.4) is 0 Å². The number of carbonyl (C=O) groups excluding carboxylic acids is 2. The van der Waals surface area contributed by atoms with Gasteiger partial charge in [-0.3, -0.25) is 4.79 Å². The molecule has 0 radical (unpaired) electrons. The molecule has 2 aromatic heterocycles. The predicted octanol–water partition coefficient (Wildman–Crippen LogP) is 3.80. The van der Waals surface area contributed by atoms with E-state index in [0.29, 0.717) is 37.7 Å². The average molecular weight is 480 g/mol. The number of rotatable bonds is 4. The van der Waals surface area contributed by atoms with Crippen LogP contribution in [0.15, 0.2) is 11.6 Å². The molecule has 2 aromatic rings. The molecule has 0 bridgehead atoms. The number of piperidine rings is 1. The number of hydrogen-bond acceptors (Lipinski definition) is 9. The number of amides is 2. The average Bonchev–Trinajstić information content (AvgIpc) is 3.43. The zero-order valence-electron chi connectivity index (χ0n) is 18.6. The van der Waals surface area contributed by atoms with Crippen LogP contribution < -0.4 is 10.2 Å². The van der Waals surface area contributed by atoms with Crippen LogP contribution in [-0.2, 0) is 9.47 Å². The summed E-state index contributed by atoms with van der Waals surface area (Å²) < 4.78 is 15.1. The third-order valence-electron chi connectivity index (χ3n) is 5.35. The number of morpholine rings is 1. The number of thiazole rings is 1. The molecule has 2 aliphatic heterocycles. The number of likely N-dealkylation sites (tertiary alicyclic amines) is 1. The van der Waals surface area contributed by atoms with Crippen molar-refractivity contribution in [3.8, 4) is 0 Å². The fraction of sp³-hybridized carbons (Fsp3) is 0.619. The van der Waals surface area contributed by atoms with Gasteiger partial charge in [-0.15, -0.1) is 11.3 Å². The van der Waals surface area contributed by atoms with Crippen molar-refractivity contribution in [3.63, 3.8) is 0 Å². The van der Waals surface area contributed by atoms with Crippen molar-refractivity contribution >= 4 is 45.6 Å². The van der Waals surface area contributed by atoms with E-state index in [9.17, 15) is 9.59 Å². The Bertz CT molecular complexity index is 940. The van der Waals surface area contributed by atoms with Gasteiger partial charge in [0.2, 0.25) is 0 Å². The lowest BCUT2D eigenvalue weighted by Crippen LogP contribution is -2.41. The van der Waals surface area contributed by atoms with Crippen molar-refractivity contribution in [1.29, 1.82) is 0 Å². The van der Waals surface area contributed by atoms with E-state index in [2.05, 4.69) is 19.6 Å². The molecule has 11 heteroatoms. The number of hydrogen-bond donors (Lipinski definition) is 1. The van der Waals surface area contributed by atoms with Crippen LogP contribution in [0.25, 0.3) is 0 Å². The predicted molar refractivity (Wildman–Crippen MR) is 125 cm³/mol. The second-order valence-corrected chi connectivity index (χ2v) is 10.6. The van der Waals surface area contributed by atoms with Gasteiger partial charge in [-0.25, -0.2) is 9.78 Å². The molecular weight excluding hydrogens is 450 g/mol. The van der Waals surface area contributed by atoms with E-state index in [1.807, 2.05) is 20.8 Å². The molecule has 2 aliphatic rings. The molecule has 0 aliphatic carbocycles. The highest BCUT2D eigenvalue weighted by atomic mass is 32.1. The van der Waals surface area contributed by atoms with E-state index in [-0.39, 0.29) is 17.9 Å². The lowest BCUT2D eigenvalue weighted by molar-refractivity contribution is 0.0204. The summed E-state index contributed by atoms with van der Waals surface area (Å²) in [4.78, 5) is 33.6. The van der Waals surface area contributed by atoms with E-state index < -0.39 is 5.60 Å². The summed E-state index contributed by atoms with van der Waals surface area (Å²) in [6.07, 6.45) is 3.04. The molecule has 0 aromatic carbocycles. The lowest BCUT2D eigenvalue weighted by Gasteiger charge is -2.32. The molecule has 0 atom stereocenters. The highest BCUT2D eigenvalue weighted by Gasteiger charge is 2.29. The second-order valence-electron chi connectivity index (χ2n) is 8.91. The summed E-state index contributed by atoms with van der Waals surface area (Å²) in [5, 5.41) is 6.66. The number of anilines is 2. The monoisotopic (exact) mass is 479 g/mol. The van der Waals surface area contributed by atoms with Crippen molar-refractivity contribution in [1.82, 2.24) is 14.3 Å². The van der Waals surface area contributed by atoms with Gasteiger partial charge in [0.15, 0.2) is 0 Å². The summed E-state index contributed by atoms with van der Waals surface area (Å²) in [6.45, 7) is 9.79. The smallest absolute Gasteiger partial charge is 0.410 e.